The summed E-state index contributed by atoms with van der Waals surface area (Å²) < 4.78 is 75.6. The van der Waals surface area contributed by atoms with Crippen LogP contribution in [0, 0.1) is 12.7 Å². The lowest BCUT2D eigenvalue weighted by molar-refractivity contribution is -0.138. The van der Waals surface area contributed by atoms with Crippen molar-refractivity contribution in [2.24, 2.45) is 5.14 Å². The topological polar surface area (TPSA) is 60.2 Å². The summed E-state index contributed by atoms with van der Waals surface area (Å²) in [5, 5.41) is 4.95. The Bertz CT molecular complexity index is 1170. The first-order valence-electron chi connectivity index (χ1n) is 8.32. The van der Waals surface area contributed by atoms with E-state index in [0.29, 0.717) is 21.6 Å². The summed E-state index contributed by atoms with van der Waals surface area (Å²) in [7, 11) is -4.17. The number of rotatable bonds is 3. The van der Waals surface area contributed by atoms with E-state index in [-0.39, 0.29) is 5.56 Å². The molecule has 0 bridgehead atoms. The largest absolute Gasteiger partial charge is 0.416 e. The molecule has 0 saturated heterocycles. The van der Waals surface area contributed by atoms with Crippen LogP contribution in [0.25, 0.3) is 5.57 Å². The molecule has 1 aliphatic rings. The number of sulfonamides is 1. The average Bonchev–Trinajstić information content (AvgIpc) is 2.59. The van der Waals surface area contributed by atoms with Gasteiger partial charge in [-0.3, -0.25) is 0 Å². The van der Waals surface area contributed by atoms with Crippen molar-refractivity contribution in [3.63, 3.8) is 0 Å². The Kier molecular flexibility index (Phi) is 5.50. The summed E-state index contributed by atoms with van der Waals surface area (Å²) in [6, 6.07) is 7.39. The minimum absolute atomic E-state index is 0.0987. The van der Waals surface area contributed by atoms with E-state index < -0.39 is 38.4 Å². The number of halogens is 4. The maximum Gasteiger partial charge on any atom is 0.416 e. The van der Waals surface area contributed by atoms with Crippen LogP contribution in [-0.2, 0) is 16.2 Å². The summed E-state index contributed by atoms with van der Waals surface area (Å²) >= 11 is 5.39. The van der Waals surface area contributed by atoms with Gasteiger partial charge >= 0.3 is 6.18 Å². The molecule has 0 fully saturated rings. The number of thiocarbonyl (C=S) groups is 1. The second-order valence-electron chi connectivity index (χ2n) is 6.60. The first-order chi connectivity index (χ1) is 13.4. The van der Waals surface area contributed by atoms with Crippen LogP contribution in [0.3, 0.4) is 0 Å². The van der Waals surface area contributed by atoms with E-state index in [4.69, 9.17) is 17.4 Å². The minimum Gasteiger partial charge on any atom is -0.225 e. The Morgan fingerprint density at radius 2 is 1.79 bits per heavy atom. The van der Waals surface area contributed by atoms with Crippen LogP contribution < -0.4 is 5.14 Å². The second kappa shape index (κ2) is 7.47. The van der Waals surface area contributed by atoms with Gasteiger partial charge in [0.05, 0.1) is 5.56 Å². The van der Waals surface area contributed by atoms with Gasteiger partial charge in [-0.2, -0.15) is 13.2 Å². The summed E-state index contributed by atoms with van der Waals surface area (Å²) in [6.07, 6.45) is 0.564. The fourth-order valence-corrected chi connectivity index (χ4v) is 4.08. The lowest BCUT2D eigenvalue weighted by Gasteiger charge is -2.20. The van der Waals surface area contributed by atoms with Crippen molar-refractivity contribution in [1.82, 2.24) is 0 Å². The standard InChI is InChI=1S/C20H15F4NO2S2/c1-11-8-14(3-6-16(11)20(22,23)24)15-5-2-13(10-18(15)28)12-4-7-19(17(21)9-12)29(25,26)27/h2-10,15H,1H3,(H2,25,26,27). The van der Waals surface area contributed by atoms with E-state index in [1.807, 2.05) is 0 Å². The molecule has 9 heteroatoms. The average molecular weight is 441 g/mol. The highest BCUT2D eigenvalue weighted by Gasteiger charge is 2.32. The third-order valence-electron chi connectivity index (χ3n) is 4.56. The van der Waals surface area contributed by atoms with E-state index in [1.54, 1.807) is 18.2 Å². The molecular weight excluding hydrogens is 426 g/mol. The Morgan fingerprint density at radius 1 is 1.10 bits per heavy atom. The summed E-state index contributed by atoms with van der Waals surface area (Å²) in [5.41, 5.74) is 0.961. The number of hydrogen-bond acceptors (Lipinski definition) is 3. The number of alkyl halides is 3. The van der Waals surface area contributed by atoms with Gasteiger partial charge in [-0.15, -0.1) is 0 Å². The molecule has 29 heavy (non-hydrogen) atoms. The molecule has 0 amide bonds. The van der Waals surface area contributed by atoms with Gasteiger partial charge in [-0.25, -0.2) is 17.9 Å². The van der Waals surface area contributed by atoms with Crippen LogP contribution in [0.15, 0.2) is 59.5 Å². The van der Waals surface area contributed by atoms with Crippen molar-refractivity contribution >= 4 is 32.7 Å². The third-order valence-corrected chi connectivity index (χ3v) is 5.88. The van der Waals surface area contributed by atoms with Gasteiger partial charge in [0.25, 0.3) is 0 Å². The minimum atomic E-state index is -4.42. The van der Waals surface area contributed by atoms with Crippen LogP contribution in [0.2, 0.25) is 0 Å². The predicted octanol–water partition coefficient (Wildman–Crippen LogP) is 4.91. The van der Waals surface area contributed by atoms with E-state index >= 15 is 0 Å². The van der Waals surface area contributed by atoms with E-state index in [1.165, 1.54) is 25.1 Å². The van der Waals surface area contributed by atoms with Crippen molar-refractivity contribution < 1.29 is 26.0 Å². The van der Waals surface area contributed by atoms with Crippen LogP contribution >= 0.6 is 12.2 Å². The number of benzene rings is 2. The number of hydrogen-bond donors (Lipinski definition) is 1. The summed E-state index contributed by atoms with van der Waals surface area (Å²) in [5.74, 6) is -1.38. The van der Waals surface area contributed by atoms with Crippen LogP contribution in [0.4, 0.5) is 17.6 Å². The predicted molar refractivity (Wildman–Crippen MR) is 106 cm³/mol. The maximum atomic E-state index is 14.1. The zero-order valence-electron chi connectivity index (χ0n) is 15.0. The molecule has 0 spiro atoms. The molecule has 2 N–H and O–H groups in total. The number of nitrogens with two attached hydrogens (primary N) is 1. The van der Waals surface area contributed by atoms with Crippen molar-refractivity contribution in [2.75, 3.05) is 0 Å². The number of primary sulfonamides is 1. The molecule has 3 nitrogen and oxygen atoms in total. The molecule has 0 radical (unpaired) electrons. The van der Waals surface area contributed by atoms with Crippen molar-refractivity contribution in [3.8, 4) is 0 Å². The van der Waals surface area contributed by atoms with Crippen LogP contribution in [0.1, 0.15) is 28.2 Å². The van der Waals surface area contributed by atoms with Gasteiger partial charge in [0, 0.05) is 10.8 Å². The van der Waals surface area contributed by atoms with Gasteiger partial charge in [0.1, 0.15) is 10.7 Å². The Labute approximate surface area is 170 Å². The van der Waals surface area contributed by atoms with E-state index in [9.17, 15) is 26.0 Å². The van der Waals surface area contributed by atoms with Crippen molar-refractivity contribution in [3.05, 3.63) is 82.7 Å². The molecule has 0 aromatic heterocycles. The molecule has 0 heterocycles. The summed E-state index contributed by atoms with van der Waals surface area (Å²) in [4.78, 5) is -0.167. The molecule has 1 unspecified atom stereocenters. The number of aryl methyl sites for hydroxylation is 1. The van der Waals surface area contributed by atoms with Gasteiger partial charge < -0.3 is 0 Å². The first-order valence-corrected chi connectivity index (χ1v) is 10.3. The Balaban J connectivity index is 1.89. The molecule has 1 aliphatic carbocycles. The fraction of sp³-hybridized carbons (Fsp3) is 0.150. The van der Waals surface area contributed by atoms with E-state index in [2.05, 4.69) is 0 Å². The SMILES string of the molecule is Cc1cc(C2C=CC(c3ccc(S(N)(=O)=O)c(F)c3)=CC2=S)ccc1C(F)(F)F. The maximum absolute atomic E-state index is 14.1. The lowest BCUT2D eigenvalue weighted by atomic mass is 9.86. The Morgan fingerprint density at radius 3 is 2.31 bits per heavy atom. The smallest absolute Gasteiger partial charge is 0.225 e. The molecule has 0 aliphatic heterocycles. The zero-order valence-corrected chi connectivity index (χ0v) is 16.6. The highest BCUT2D eigenvalue weighted by Crippen LogP contribution is 2.35. The molecule has 0 saturated carbocycles. The Hall–Kier alpha value is -2.36. The molecule has 1 atom stereocenters. The van der Waals surface area contributed by atoms with Crippen LogP contribution in [-0.4, -0.2) is 13.3 Å². The van der Waals surface area contributed by atoms with E-state index in [0.717, 1.165) is 18.2 Å². The van der Waals surface area contributed by atoms with Gasteiger partial charge in [-0.1, -0.05) is 42.6 Å². The zero-order chi connectivity index (χ0) is 21.6. The second-order valence-corrected chi connectivity index (χ2v) is 8.60. The quantitative estimate of drug-likeness (QED) is 0.544. The normalized spacial score (nSPS) is 17.4. The third kappa shape index (κ3) is 4.47. The van der Waals surface area contributed by atoms with Crippen molar-refractivity contribution in [2.45, 2.75) is 23.9 Å². The number of allylic oxidation sites excluding steroid dienone is 4. The fourth-order valence-electron chi connectivity index (χ4n) is 3.15. The molecule has 2 aromatic carbocycles. The molecule has 152 valence electrons. The monoisotopic (exact) mass is 441 g/mol. The molecule has 2 aromatic rings. The van der Waals surface area contributed by atoms with Gasteiger partial charge in [0.15, 0.2) is 0 Å². The molecule has 3 rings (SSSR count). The highest BCUT2D eigenvalue weighted by molar-refractivity contribution is 7.89. The van der Waals surface area contributed by atoms with Gasteiger partial charge in [-0.05, 0) is 53.5 Å². The lowest BCUT2D eigenvalue weighted by Crippen LogP contribution is -2.14. The molecular formula is C20H15F4NO2S2. The summed E-state index contributed by atoms with van der Waals surface area (Å²) in [6.45, 7) is 1.39. The van der Waals surface area contributed by atoms with Crippen molar-refractivity contribution in [1.29, 1.82) is 0 Å². The van der Waals surface area contributed by atoms with Gasteiger partial charge in [0.2, 0.25) is 10.0 Å². The highest BCUT2D eigenvalue weighted by atomic mass is 32.2. The van der Waals surface area contributed by atoms with Crippen LogP contribution in [0.5, 0.6) is 0 Å². The first kappa shape index (κ1) is 21.4.